The van der Waals surface area contributed by atoms with Crippen LogP contribution < -0.4 is 15.0 Å². The molecule has 128 valence electrons. The van der Waals surface area contributed by atoms with Gasteiger partial charge in [-0.25, -0.2) is 0 Å². The molecule has 2 aromatic rings. The van der Waals surface area contributed by atoms with Crippen LogP contribution in [-0.4, -0.2) is 19.6 Å². The van der Waals surface area contributed by atoms with Crippen molar-refractivity contribution in [2.75, 3.05) is 18.6 Å². The molecule has 5 nitrogen and oxygen atoms in total. The number of benzene rings is 2. The number of nitrogens with one attached hydrogen (secondary N) is 1. The van der Waals surface area contributed by atoms with Gasteiger partial charge in [-0.15, -0.1) is 0 Å². The van der Waals surface area contributed by atoms with Crippen molar-refractivity contribution < 1.29 is 9.53 Å². The highest BCUT2D eigenvalue weighted by Gasteiger charge is 2.26. The molecule has 0 aromatic heterocycles. The summed E-state index contributed by atoms with van der Waals surface area (Å²) in [4.78, 5) is 13.7. The number of anilines is 1. The summed E-state index contributed by atoms with van der Waals surface area (Å²) in [6.45, 7) is 2.96. The standard InChI is InChI=1S/C20H21N3O2/c1-14(24)23-10-9-18(17-5-3-4-6-19(17)23)22-13-15-7-8-20(25-2)16(11-15)12-21/h3-8,11,18,22H,9-10,13H2,1-2H3. The zero-order valence-corrected chi connectivity index (χ0v) is 14.5. The molecule has 3 rings (SSSR count). The SMILES string of the molecule is COc1ccc(CNC2CCN(C(C)=O)c3ccccc32)cc1C#N. The van der Waals surface area contributed by atoms with E-state index in [0.717, 1.165) is 23.2 Å². The van der Waals surface area contributed by atoms with Crippen LogP contribution in [0.5, 0.6) is 5.75 Å². The Labute approximate surface area is 147 Å². The van der Waals surface area contributed by atoms with Crippen LogP contribution in [0.25, 0.3) is 0 Å². The van der Waals surface area contributed by atoms with Gasteiger partial charge in [-0.1, -0.05) is 24.3 Å². The van der Waals surface area contributed by atoms with Gasteiger partial charge in [0.05, 0.1) is 12.7 Å². The lowest BCUT2D eigenvalue weighted by atomic mass is 9.96. The second kappa shape index (κ2) is 7.37. The van der Waals surface area contributed by atoms with Crippen molar-refractivity contribution in [1.29, 1.82) is 5.26 Å². The smallest absolute Gasteiger partial charge is 0.223 e. The number of nitriles is 1. The van der Waals surface area contributed by atoms with E-state index in [2.05, 4.69) is 17.5 Å². The normalized spacial score (nSPS) is 16.0. The molecular formula is C20H21N3O2. The largest absolute Gasteiger partial charge is 0.495 e. The monoisotopic (exact) mass is 335 g/mol. The van der Waals surface area contributed by atoms with Crippen LogP contribution in [0.15, 0.2) is 42.5 Å². The first-order valence-electron chi connectivity index (χ1n) is 8.31. The molecule has 5 heteroatoms. The predicted molar refractivity (Wildman–Crippen MR) is 96.4 cm³/mol. The number of methoxy groups -OCH3 is 1. The van der Waals surface area contributed by atoms with Gasteiger partial charge in [0.2, 0.25) is 5.91 Å². The summed E-state index contributed by atoms with van der Waals surface area (Å²) in [7, 11) is 1.56. The third kappa shape index (κ3) is 3.49. The molecule has 0 fully saturated rings. The van der Waals surface area contributed by atoms with Crippen molar-refractivity contribution in [2.24, 2.45) is 0 Å². The molecule has 0 radical (unpaired) electrons. The van der Waals surface area contributed by atoms with Crippen LogP contribution >= 0.6 is 0 Å². The molecule has 1 aliphatic heterocycles. The highest BCUT2D eigenvalue weighted by Crippen LogP contribution is 2.34. The number of para-hydroxylation sites is 1. The first kappa shape index (κ1) is 17.0. The van der Waals surface area contributed by atoms with Crippen LogP contribution in [-0.2, 0) is 11.3 Å². The Morgan fingerprint density at radius 2 is 2.16 bits per heavy atom. The third-order valence-electron chi connectivity index (χ3n) is 4.56. The van der Waals surface area contributed by atoms with Gasteiger partial charge < -0.3 is 15.0 Å². The van der Waals surface area contributed by atoms with Gasteiger partial charge in [0.1, 0.15) is 11.8 Å². The lowest BCUT2D eigenvalue weighted by Gasteiger charge is -2.34. The van der Waals surface area contributed by atoms with Crippen LogP contribution in [0.2, 0.25) is 0 Å². The summed E-state index contributed by atoms with van der Waals surface area (Å²) in [6, 6.07) is 16.0. The average Bonchev–Trinajstić information content (AvgIpc) is 2.65. The van der Waals surface area contributed by atoms with Crippen molar-refractivity contribution >= 4 is 11.6 Å². The Balaban J connectivity index is 1.77. The Hall–Kier alpha value is -2.84. The Kier molecular flexibility index (Phi) is 5.01. The predicted octanol–water partition coefficient (Wildman–Crippen LogP) is 3.15. The van der Waals surface area contributed by atoms with E-state index in [1.807, 2.05) is 41.3 Å². The van der Waals surface area contributed by atoms with E-state index in [4.69, 9.17) is 4.74 Å². The Morgan fingerprint density at radius 1 is 1.36 bits per heavy atom. The molecule has 1 aliphatic rings. The van der Waals surface area contributed by atoms with E-state index >= 15 is 0 Å². The van der Waals surface area contributed by atoms with Gasteiger partial charge in [-0.3, -0.25) is 4.79 Å². The number of amides is 1. The Bertz CT molecular complexity index is 826. The summed E-state index contributed by atoms with van der Waals surface area (Å²) < 4.78 is 5.19. The topological polar surface area (TPSA) is 65.4 Å². The van der Waals surface area contributed by atoms with E-state index in [0.29, 0.717) is 24.4 Å². The molecule has 1 heterocycles. The maximum Gasteiger partial charge on any atom is 0.223 e. The highest BCUT2D eigenvalue weighted by atomic mass is 16.5. The highest BCUT2D eigenvalue weighted by molar-refractivity contribution is 5.92. The van der Waals surface area contributed by atoms with Gasteiger partial charge in [0.25, 0.3) is 0 Å². The van der Waals surface area contributed by atoms with E-state index in [1.165, 1.54) is 0 Å². The number of ether oxygens (including phenoxy) is 1. The zero-order valence-electron chi connectivity index (χ0n) is 14.5. The van der Waals surface area contributed by atoms with E-state index in [-0.39, 0.29) is 11.9 Å². The van der Waals surface area contributed by atoms with Crippen molar-refractivity contribution in [3.63, 3.8) is 0 Å². The molecule has 25 heavy (non-hydrogen) atoms. The lowest BCUT2D eigenvalue weighted by Crippen LogP contribution is -2.38. The molecule has 1 amide bonds. The minimum Gasteiger partial charge on any atom is -0.495 e. The molecule has 0 saturated carbocycles. The van der Waals surface area contributed by atoms with E-state index in [9.17, 15) is 10.1 Å². The number of hydrogen-bond donors (Lipinski definition) is 1. The number of carbonyl (C=O) groups is 1. The molecule has 0 aliphatic carbocycles. The van der Waals surface area contributed by atoms with Gasteiger partial charge in [-0.05, 0) is 35.7 Å². The van der Waals surface area contributed by atoms with E-state index in [1.54, 1.807) is 14.0 Å². The van der Waals surface area contributed by atoms with E-state index < -0.39 is 0 Å². The maximum absolute atomic E-state index is 11.8. The summed E-state index contributed by atoms with van der Waals surface area (Å²) in [5.41, 5.74) is 3.68. The molecule has 0 spiro atoms. The number of fused-ring (bicyclic) bond motifs is 1. The summed E-state index contributed by atoms with van der Waals surface area (Å²) in [5, 5.41) is 12.8. The summed E-state index contributed by atoms with van der Waals surface area (Å²) in [6.07, 6.45) is 0.859. The number of rotatable bonds is 4. The maximum atomic E-state index is 11.8. The van der Waals surface area contributed by atoms with Crippen molar-refractivity contribution in [3.8, 4) is 11.8 Å². The number of carbonyl (C=O) groups excluding carboxylic acids is 1. The molecule has 1 N–H and O–H groups in total. The minimum atomic E-state index is 0.0692. The summed E-state index contributed by atoms with van der Waals surface area (Å²) in [5.74, 6) is 0.658. The van der Waals surface area contributed by atoms with Crippen LogP contribution in [0.1, 0.15) is 36.1 Å². The van der Waals surface area contributed by atoms with Gasteiger partial charge in [-0.2, -0.15) is 5.26 Å². The molecule has 0 bridgehead atoms. The second-order valence-electron chi connectivity index (χ2n) is 6.10. The summed E-state index contributed by atoms with van der Waals surface area (Å²) >= 11 is 0. The fourth-order valence-electron chi connectivity index (χ4n) is 3.29. The molecule has 1 unspecified atom stereocenters. The van der Waals surface area contributed by atoms with Crippen molar-refractivity contribution in [2.45, 2.75) is 25.9 Å². The van der Waals surface area contributed by atoms with Crippen molar-refractivity contribution in [1.82, 2.24) is 5.32 Å². The molecule has 2 aromatic carbocycles. The number of hydrogen-bond acceptors (Lipinski definition) is 4. The lowest BCUT2D eigenvalue weighted by molar-refractivity contribution is -0.116. The average molecular weight is 335 g/mol. The molecule has 0 saturated heterocycles. The quantitative estimate of drug-likeness (QED) is 0.932. The second-order valence-corrected chi connectivity index (χ2v) is 6.10. The molecular weight excluding hydrogens is 314 g/mol. The van der Waals surface area contributed by atoms with Gasteiger partial charge in [0, 0.05) is 31.7 Å². The van der Waals surface area contributed by atoms with Gasteiger partial charge in [0.15, 0.2) is 0 Å². The number of nitrogens with zero attached hydrogens (tertiary/aromatic N) is 2. The van der Waals surface area contributed by atoms with Crippen LogP contribution in [0.3, 0.4) is 0 Å². The Morgan fingerprint density at radius 3 is 2.88 bits per heavy atom. The van der Waals surface area contributed by atoms with Crippen molar-refractivity contribution in [3.05, 3.63) is 59.2 Å². The van der Waals surface area contributed by atoms with Crippen LogP contribution in [0.4, 0.5) is 5.69 Å². The fraction of sp³-hybridized carbons (Fsp3) is 0.300. The van der Waals surface area contributed by atoms with Gasteiger partial charge >= 0.3 is 0 Å². The minimum absolute atomic E-state index is 0.0692. The molecule has 1 atom stereocenters. The van der Waals surface area contributed by atoms with Crippen LogP contribution in [0, 0.1) is 11.3 Å². The first-order chi connectivity index (χ1) is 12.1. The fourth-order valence-corrected chi connectivity index (χ4v) is 3.29. The first-order valence-corrected chi connectivity index (χ1v) is 8.31. The third-order valence-corrected chi connectivity index (χ3v) is 4.56. The zero-order chi connectivity index (χ0) is 17.8.